The van der Waals surface area contributed by atoms with Crippen molar-refractivity contribution in [1.29, 1.82) is 0 Å². The highest BCUT2D eigenvalue weighted by Crippen LogP contribution is 2.41. The topological polar surface area (TPSA) is 55.1 Å². The summed E-state index contributed by atoms with van der Waals surface area (Å²) in [6.07, 6.45) is 6.10. The standard InChI is InChI=1S/C19H24N2OS/c1-14-7-8-15(20)12-16(14)18(22)21-13-19(9-3-2-4-10-19)17-6-5-11-23-17/h5-8,11-12H,2-4,9-10,13,20H2,1H3,(H,21,22). The minimum atomic E-state index is -0.0173. The molecule has 0 radical (unpaired) electrons. The summed E-state index contributed by atoms with van der Waals surface area (Å²) in [4.78, 5) is 14.0. The van der Waals surface area contributed by atoms with Gasteiger partial charge in [0.1, 0.15) is 0 Å². The summed E-state index contributed by atoms with van der Waals surface area (Å²) in [5.41, 5.74) is 8.21. The zero-order chi connectivity index (χ0) is 16.3. The van der Waals surface area contributed by atoms with Crippen LogP contribution in [-0.2, 0) is 5.41 Å². The van der Waals surface area contributed by atoms with Crippen molar-refractivity contribution in [3.05, 3.63) is 51.7 Å². The first-order valence-electron chi connectivity index (χ1n) is 8.29. The number of nitrogens with two attached hydrogens (primary N) is 1. The van der Waals surface area contributed by atoms with E-state index in [0.29, 0.717) is 17.8 Å². The number of rotatable bonds is 4. The van der Waals surface area contributed by atoms with E-state index in [1.807, 2.05) is 30.4 Å². The lowest BCUT2D eigenvalue weighted by Gasteiger charge is -2.36. The Morgan fingerprint density at radius 3 is 2.74 bits per heavy atom. The number of carbonyl (C=O) groups is 1. The van der Waals surface area contributed by atoms with Crippen LogP contribution in [0.15, 0.2) is 35.7 Å². The van der Waals surface area contributed by atoms with Gasteiger partial charge in [-0.15, -0.1) is 11.3 Å². The zero-order valence-electron chi connectivity index (χ0n) is 13.6. The van der Waals surface area contributed by atoms with Gasteiger partial charge >= 0.3 is 0 Å². The van der Waals surface area contributed by atoms with E-state index in [1.54, 1.807) is 6.07 Å². The second-order valence-electron chi connectivity index (χ2n) is 6.58. The number of carbonyl (C=O) groups excluding carboxylic acids is 1. The molecule has 1 aliphatic carbocycles. The van der Waals surface area contributed by atoms with Gasteiger partial charge in [-0.25, -0.2) is 0 Å². The maximum absolute atomic E-state index is 12.6. The average molecular weight is 328 g/mol. The second kappa shape index (κ2) is 6.75. The van der Waals surface area contributed by atoms with Gasteiger partial charge in [-0.05, 0) is 48.9 Å². The first kappa shape index (κ1) is 16.1. The molecule has 3 nitrogen and oxygen atoms in total. The molecule has 1 fully saturated rings. The van der Waals surface area contributed by atoms with Gasteiger partial charge in [0.05, 0.1) is 0 Å². The van der Waals surface area contributed by atoms with E-state index in [-0.39, 0.29) is 11.3 Å². The Labute approximate surface area is 141 Å². The molecule has 3 rings (SSSR count). The molecule has 4 heteroatoms. The highest BCUT2D eigenvalue weighted by molar-refractivity contribution is 7.10. The molecule has 23 heavy (non-hydrogen) atoms. The van der Waals surface area contributed by atoms with Crippen LogP contribution < -0.4 is 11.1 Å². The van der Waals surface area contributed by atoms with Crippen molar-refractivity contribution in [3.63, 3.8) is 0 Å². The number of nitrogens with one attached hydrogen (secondary N) is 1. The highest BCUT2D eigenvalue weighted by Gasteiger charge is 2.35. The molecule has 0 atom stereocenters. The maximum Gasteiger partial charge on any atom is 0.251 e. The Bertz CT molecular complexity index is 673. The van der Waals surface area contributed by atoms with E-state index in [4.69, 9.17) is 5.73 Å². The number of benzene rings is 1. The average Bonchev–Trinajstić information content (AvgIpc) is 3.11. The van der Waals surface area contributed by atoms with E-state index in [9.17, 15) is 4.79 Å². The minimum Gasteiger partial charge on any atom is -0.399 e. The third-order valence-electron chi connectivity index (χ3n) is 4.95. The molecule has 0 saturated heterocycles. The van der Waals surface area contributed by atoms with Crippen molar-refractivity contribution in [2.75, 3.05) is 12.3 Å². The van der Waals surface area contributed by atoms with Crippen LogP contribution in [0.2, 0.25) is 0 Å². The maximum atomic E-state index is 12.6. The first-order valence-corrected chi connectivity index (χ1v) is 9.17. The molecule has 1 heterocycles. The van der Waals surface area contributed by atoms with E-state index in [1.165, 1.54) is 24.1 Å². The fourth-order valence-corrected chi connectivity index (χ4v) is 4.54. The van der Waals surface area contributed by atoms with Crippen LogP contribution in [0.25, 0.3) is 0 Å². The predicted octanol–water partition coefficient (Wildman–Crippen LogP) is 4.27. The molecule has 0 unspecified atom stereocenters. The molecule has 1 aromatic carbocycles. The number of thiophene rings is 1. The van der Waals surface area contributed by atoms with E-state index in [0.717, 1.165) is 18.4 Å². The quantitative estimate of drug-likeness (QED) is 0.824. The summed E-state index contributed by atoms with van der Waals surface area (Å²) in [6.45, 7) is 2.66. The second-order valence-corrected chi connectivity index (χ2v) is 7.52. The molecule has 0 spiro atoms. The van der Waals surface area contributed by atoms with E-state index in [2.05, 4.69) is 22.8 Å². The largest absolute Gasteiger partial charge is 0.399 e. The van der Waals surface area contributed by atoms with Gasteiger partial charge in [-0.3, -0.25) is 4.79 Å². The molecule has 0 aliphatic heterocycles. The summed E-state index contributed by atoms with van der Waals surface area (Å²) < 4.78 is 0. The van der Waals surface area contributed by atoms with Gasteiger partial charge in [0.2, 0.25) is 0 Å². The van der Waals surface area contributed by atoms with Crippen molar-refractivity contribution in [2.24, 2.45) is 0 Å². The summed E-state index contributed by atoms with van der Waals surface area (Å²) in [6, 6.07) is 9.83. The smallest absolute Gasteiger partial charge is 0.251 e. The summed E-state index contributed by atoms with van der Waals surface area (Å²) in [7, 11) is 0. The molecule has 1 amide bonds. The Morgan fingerprint density at radius 2 is 2.04 bits per heavy atom. The molecular weight excluding hydrogens is 304 g/mol. The molecule has 3 N–H and O–H groups in total. The fourth-order valence-electron chi connectivity index (χ4n) is 3.55. The minimum absolute atomic E-state index is 0.0173. The monoisotopic (exact) mass is 328 g/mol. The van der Waals surface area contributed by atoms with Crippen LogP contribution in [0.1, 0.15) is 52.9 Å². The lowest BCUT2D eigenvalue weighted by atomic mass is 9.73. The summed E-state index contributed by atoms with van der Waals surface area (Å²) in [5, 5.41) is 5.31. The fraction of sp³-hybridized carbons (Fsp3) is 0.421. The third-order valence-corrected chi connectivity index (χ3v) is 6.06. The number of anilines is 1. The van der Waals surface area contributed by atoms with E-state index < -0.39 is 0 Å². The lowest BCUT2D eigenvalue weighted by molar-refractivity contribution is 0.0936. The number of hydrogen-bond acceptors (Lipinski definition) is 3. The van der Waals surface area contributed by atoms with Crippen molar-refractivity contribution >= 4 is 22.9 Å². The van der Waals surface area contributed by atoms with E-state index >= 15 is 0 Å². The van der Waals surface area contributed by atoms with Crippen LogP contribution in [0.5, 0.6) is 0 Å². The number of aryl methyl sites for hydroxylation is 1. The van der Waals surface area contributed by atoms with Gasteiger partial charge in [0.25, 0.3) is 5.91 Å². The van der Waals surface area contributed by atoms with Crippen LogP contribution in [0.3, 0.4) is 0 Å². The van der Waals surface area contributed by atoms with Gasteiger partial charge in [-0.1, -0.05) is 31.4 Å². The molecule has 0 bridgehead atoms. The Kier molecular flexibility index (Phi) is 4.71. The Balaban J connectivity index is 1.77. The third kappa shape index (κ3) is 3.42. The van der Waals surface area contributed by atoms with Gasteiger partial charge in [0, 0.05) is 28.1 Å². The zero-order valence-corrected chi connectivity index (χ0v) is 14.4. The molecule has 2 aromatic rings. The molecule has 1 saturated carbocycles. The molecular formula is C19H24N2OS. The Hall–Kier alpha value is -1.81. The van der Waals surface area contributed by atoms with Crippen molar-refractivity contribution < 1.29 is 4.79 Å². The normalized spacial score (nSPS) is 16.9. The number of amides is 1. The summed E-state index contributed by atoms with van der Waals surface area (Å²) >= 11 is 1.81. The molecule has 1 aromatic heterocycles. The lowest BCUT2D eigenvalue weighted by Crippen LogP contribution is -2.41. The van der Waals surface area contributed by atoms with Gasteiger partial charge < -0.3 is 11.1 Å². The van der Waals surface area contributed by atoms with Crippen LogP contribution >= 0.6 is 11.3 Å². The van der Waals surface area contributed by atoms with Crippen molar-refractivity contribution in [2.45, 2.75) is 44.4 Å². The predicted molar refractivity (Wildman–Crippen MR) is 97.0 cm³/mol. The summed E-state index contributed by atoms with van der Waals surface area (Å²) in [5.74, 6) is -0.0173. The SMILES string of the molecule is Cc1ccc(N)cc1C(=O)NCC1(c2cccs2)CCCCC1. The number of nitrogen functional groups attached to an aromatic ring is 1. The highest BCUT2D eigenvalue weighted by atomic mass is 32.1. The van der Waals surface area contributed by atoms with Crippen LogP contribution in [0.4, 0.5) is 5.69 Å². The van der Waals surface area contributed by atoms with Gasteiger partial charge in [-0.2, -0.15) is 0 Å². The van der Waals surface area contributed by atoms with Crippen LogP contribution in [-0.4, -0.2) is 12.5 Å². The Morgan fingerprint density at radius 1 is 1.26 bits per heavy atom. The first-order chi connectivity index (χ1) is 11.1. The molecule has 1 aliphatic rings. The van der Waals surface area contributed by atoms with Crippen LogP contribution in [0, 0.1) is 6.92 Å². The van der Waals surface area contributed by atoms with Gasteiger partial charge in [0.15, 0.2) is 0 Å². The van der Waals surface area contributed by atoms with Crippen molar-refractivity contribution in [1.82, 2.24) is 5.32 Å². The van der Waals surface area contributed by atoms with Crippen molar-refractivity contribution in [3.8, 4) is 0 Å². The molecule has 122 valence electrons. The number of hydrogen-bond donors (Lipinski definition) is 2.